The molecule has 0 bridgehead atoms. The van der Waals surface area contributed by atoms with E-state index in [-0.39, 0.29) is 13.0 Å². The highest BCUT2D eigenvalue weighted by atomic mass is 19.4. The molecule has 0 heterocycles. The Morgan fingerprint density at radius 3 is 2.65 bits per heavy atom. The summed E-state index contributed by atoms with van der Waals surface area (Å²) in [4.78, 5) is 0. The maximum atomic E-state index is 11.9. The Morgan fingerprint density at radius 1 is 1.35 bits per heavy atom. The van der Waals surface area contributed by atoms with Gasteiger partial charge < -0.3 is 4.74 Å². The van der Waals surface area contributed by atoms with Gasteiger partial charge in [-0.2, -0.15) is 18.4 Å². The Hall–Kier alpha value is -1.70. The quantitative estimate of drug-likeness (QED) is 0.757. The summed E-state index contributed by atoms with van der Waals surface area (Å²) < 4.78 is 40.9. The van der Waals surface area contributed by atoms with Crippen LogP contribution in [-0.4, -0.2) is 12.8 Å². The normalized spacial score (nSPS) is 11.0. The van der Waals surface area contributed by atoms with Crippen molar-refractivity contribution in [3.8, 4) is 11.8 Å². The number of nitrogens with zero attached hydrogens (tertiary/aromatic N) is 1. The second kappa shape index (κ2) is 5.58. The molecule has 0 spiro atoms. The highest BCUT2D eigenvalue weighted by Crippen LogP contribution is 2.24. The minimum atomic E-state index is -4.16. The van der Waals surface area contributed by atoms with Gasteiger partial charge in [0.2, 0.25) is 0 Å². The van der Waals surface area contributed by atoms with Crippen LogP contribution in [-0.2, 0) is 0 Å². The highest BCUT2D eigenvalue weighted by molar-refractivity contribution is 5.47. The Balaban J connectivity index is 2.55. The number of nitriles is 1. The molecule has 5 heteroatoms. The van der Waals surface area contributed by atoms with Gasteiger partial charge in [0.05, 0.1) is 12.2 Å². The summed E-state index contributed by atoms with van der Waals surface area (Å²) in [6.45, 7) is 1.71. The van der Waals surface area contributed by atoms with Gasteiger partial charge in [-0.05, 0) is 25.0 Å². The minimum Gasteiger partial charge on any atom is -0.492 e. The first kappa shape index (κ1) is 13.4. The monoisotopic (exact) mass is 243 g/mol. The van der Waals surface area contributed by atoms with Crippen molar-refractivity contribution in [1.82, 2.24) is 0 Å². The van der Waals surface area contributed by atoms with E-state index in [4.69, 9.17) is 10.00 Å². The molecule has 0 unspecified atom stereocenters. The van der Waals surface area contributed by atoms with E-state index < -0.39 is 12.6 Å². The van der Waals surface area contributed by atoms with E-state index in [1.165, 1.54) is 0 Å². The minimum absolute atomic E-state index is 0.0426. The first-order valence-electron chi connectivity index (χ1n) is 5.13. The zero-order valence-corrected chi connectivity index (χ0v) is 9.34. The zero-order valence-electron chi connectivity index (χ0n) is 9.34. The lowest BCUT2D eigenvalue weighted by Crippen LogP contribution is -2.10. The summed E-state index contributed by atoms with van der Waals surface area (Å²) in [7, 11) is 0. The molecule has 1 aromatic rings. The molecule has 0 aliphatic heterocycles. The number of rotatable bonds is 4. The van der Waals surface area contributed by atoms with Crippen molar-refractivity contribution in [2.75, 3.05) is 6.61 Å². The lowest BCUT2D eigenvalue weighted by atomic mass is 10.1. The van der Waals surface area contributed by atoms with Crippen LogP contribution in [0.3, 0.4) is 0 Å². The van der Waals surface area contributed by atoms with Crippen molar-refractivity contribution in [3.05, 3.63) is 29.3 Å². The number of benzene rings is 1. The summed E-state index contributed by atoms with van der Waals surface area (Å²) in [5.41, 5.74) is 1.09. The molecule has 0 atom stereocenters. The Labute approximate surface area is 97.6 Å². The van der Waals surface area contributed by atoms with Crippen molar-refractivity contribution in [2.24, 2.45) is 0 Å². The van der Waals surface area contributed by atoms with E-state index >= 15 is 0 Å². The largest absolute Gasteiger partial charge is 0.492 e. The maximum Gasteiger partial charge on any atom is 0.389 e. The van der Waals surface area contributed by atoms with Crippen LogP contribution in [0.1, 0.15) is 24.0 Å². The first-order valence-corrected chi connectivity index (χ1v) is 5.13. The van der Waals surface area contributed by atoms with Gasteiger partial charge >= 0.3 is 6.18 Å². The van der Waals surface area contributed by atoms with Crippen LogP contribution < -0.4 is 4.74 Å². The van der Waals surface area contributed by atoms with Gasteiger partial charge in [0.15, 0.2) is 0 Å². The second-order valence-corrected chi connectivity index (χ2v) is 3.63. The maximum absolute atomic E-state index is 11.9. The van der Waals surface area contributed by atoms with Crippen molar-refractivity contribution in [3.63, 3.8) is 0 Å². The molecule has 0 saturated carbocycles. The van der Waals surface area contributed by atoms with Crippen LogP contribution in [0.4, 0.5) is 13.2 Å². The number of ether oxygens (including phenoxy) is 1. The summed E-state index contributed by atoms with van der Waals surface area (Å²) >= 11 is 0. The number of alkyl halides is 3. The highest BCUT2D eigenvalue weighted by Gasteiger charge is 2.26. The summed E-state index contributed by atoms with van der Waals surface area (Å²) in [6, 6.07) is 6.98. The SMILES string of the molecule is Cc1cccc(C#N)c1OCCCC(F)(F)F. The van der Waals surface area contributed by atoms with Gasteiger partial charge in [0.1, 0.15) is 11.8 Å². The molecule has 0 N–H and O–H groups in total. The second-order valence-electron chi connectivity index (χ2n) is 3.63. The third-order valence-corrected chi connectivity index (χ3v) is 2.18. The van der Waals surface area contributed by atoms with Gasteiger partial charge in [-0.15, -0.1) is 0 Å². The number of para-hydroxylation sites is 1. The van der Waals surface area contributed by atoms with Gasteiger partial charge in [-0.3, -0.25) is 0 Å². The van der Waals surface area contributed by atoms with Crippen LogP contribution in [0.2, 0.25) is 0 Å². The van der Waals surface area contributed by atoms with Crippen LogP contribution in [0.15, 0.2) is 18.2 Å². The van der Waals surface area contributed by atoms with E-state index in [0.29, 0.717) is 11.3 Å². The average molecular weight is 243 g/mol. The fourth-order valence-corrected chi connectivity index (χ4v) is 1.38. The first-order chi connectivity index (χ1) is 7.94. The van der Waals surface area contributed by atoms with Gasteiger partial charge in [0, 0.05) is 6.42 Å². The molecule has 1 aromatic carbocycles. The van der Waals surface area contributed by atoms with E-state index in [2.05, 4.69) is 0 Å². The smallest absolute Gasteiger partial charge is 0.389 e. The zero-order chi connectivity index (χ0) is 12.9. The Morgan fingerprint density at radius 2 is 2.06 bits per heavy atom. The van der Waals surface area contributed by atoms with Crippen molar-refractivity contribution < 1.29 is 17.9 Å². The molecule has 1 rings (SSSR count). The number of halogens is 3. The van der Waals surface area contributed by atoms with Crippen LogP contribution >= 0.6 is 0 Å². The predicted molar refractivity (Wildman–Crippen MR) is 56.7 cm³/mol. The predicted octanol–water partition coefficient (Wildman–Crippen LogP) is 3.59. The van der Waals surface area contributed by atoms with Crippen LogP contribution in [0.25, 0.3) is 0 Å². The number of aryl methyl sites for hydroxylation is 1. The molecule has 0 aromatic heterocycles. The van der Waals surface area contributed by atoms with E-state index in [1.807, 2.05) is 6.07 Å². The lowest BCUT2D eigenvalue weighted by molar-refractivity contribution is -0.136. The fraction of sp³-hybridized carbons (Fsp3) is 0.417. The summed E-state index contributed by atoms with van der Waals surface area (Å²) in [5, 5.41) is 8.82. The van der Waals surface area contributed by atoms with Crippen LogP contribution in [0, 0.1) is 18.3 Å². The topological polar surface area (TPSA) is 33.0 Å². The lowest BCUT2D eigenvalue weighted by Gasteiger charge is -2.11. The van der Waals surface area contributed by atoms with Gasteiger partial charge in [0.25, 0.3) is 0 Å². The molecule has 0 aliphatic rings. The molecule has 0 amide bonds. The van der Waals surface area contributed by atoms with Crippen molar-refractivity contribution in [2.45, 2.75) is 25.9 Å². The number of hydrogen-bond donors (Lipinski definition) is 0. The molecule has 0 radical (unpaired) electrons. The van der Waals surface area contributed by atoms with E-state index in [9.17, 15) is 13.2 Å². The molecule has 17 heavy (non-hydrogen) atoms. The summed E-state index contributed by atoms with van der Waals surface area (Å²) in [5.74, 6) is 0.372. The molecule has 2 nitrogen and oxygen atoms in total. The molecular formula is C12H12F3NO. The Bertz CT molecular complexity index is 421. The summed E-state index contributed by atoms with van der Waals surface area (Å²) in [6.07, 6.45) is -5.14. The van der Waals surface area contributed by atoms with Gasteiger partial charge in [-0.25, -0.2) is 0 Å². The molecule has 0 aliphatic carbocycles. The molecule has 0 fully saturated rings. The van der Waals surface area contributed by atoms with E-state index in [1.54, 1.807) is 25.1 Å². The van der Waals surface area contributed by atoms with Crippen LogP contribution in [0.5, 0.6) is 5.75 Å². The third kappa shape index (κ3) is 4.35. The van der Waals surface area contributed by atoms with Crippen molar-refractivity contribution in [1.29, 1.82) is 5.26 Å². The number of hydrogen-bond acceptors (Lipinski definition) is 2. The molecule has 0 saturated heterocycles. The third-order valence-electron chi connectivity index (χ3n) is 2.18. The molecular weight excluding hydrogens is 231 g/mol. The standard InChI is InChI=1S/C12H12F3NO/c1-9-4-2-5-10(8-16)11(9)17-7-3-6-12(13,14)15/h2,4-5H,3,6-7H2,1H3. The van der Waals surface area contributed by atoms with Gasteiger partial charge in [-0.1, -0.05) is 12.1 Å². The molecule has 92 valence electrons. The van der Waals surface area contributed by atoms with E-state index in [0.717, 1.165) is 5.56 Å². The fourth-order valence-electron chi connectivity index (χ4n) is 1.38. The Kier molecular flexibility index (Phi) is 4.38. The average Bonchev–Trinajstić information content (AvgIpc) is 2.24. The van der Waals surface area contributed by atoms with Crippen molar-refractivity contribution >= 4 is 0 Å².